The molecule has 0 saturated carbocycles. The van der Waals surface area contributed by atoms with E-state index in [0.29, 0.717) is 23.3 Å². The van der Waals surface area contributed by atoms with Crippen molar-refractivity contribution in [2.45, 2.75) is 0 Å². The summed E-state index contributed by atoms with van der Waals surface area (Å²) in [6, 6.07) is 64.6. The highest BCUT2D eigenvalue weighted by Gasteiger charge is 2.15. The summed E-state index contributed by atoms with van der Waals surface area (Å²) < 4.78 is 2.45. The zero-order valence-electron chi connectivity index (χ0n) is 29.5. The van der Waals surface area contributed by atoms with Gasteiger partial charge in [-0.25, -0.2) is 24.9 Å². The third-order valence-corrected chi connectivity index (χ3v) is 10.9. The summed E-state index contributed by atoms with van der Waals surface area (Å²) in [6.45, 7) is 0. The fourth-order valence-electron chi connectivity index (χ4n) is 6.94. The van der Waals surface area contributed by atoms with E-state index < -0.39 is 0 Å². The highest BCUT2D eigenvalue weighted by molar-refractivity contribution is 7.25. The van der Waals surface area contributed by atoms with Crippen molar-refractivity contribution < 1.29 is 0 Å². The van der Waals surface area contributed by atoms with Crippen LogP contribution in [0.1, 0.15) is 0 Å². The molecule has 5 nitrogen and oxygen atoms in total. The topological polar surface area (TPSA) is 64.5 Å². The number of hydrogen-bond donors (Lipinski definition) is 0. The largest absolute Gasteiger partial charge is 0.228 e. The van der Waals surface area contributed by atoms with Crippen LogP contribution >= 0.6 is 11.3 Å². The van der Waals surface area contributed by atoms with Crippen molar-refractivity contribution >= 4 is 31.5 Å². The highest BCUT2D eigenvalue weighted by Crippen LogP contribution is 2.39. The molecule has 10 rings (SSSR count). The Kier molecular flexibility index (Phi) is 8.28. The molecule has 0 radical (unpaired) electrons. The molecule has 0 aliphatic rings. The molecule has 0 atom stereocenters. The second-order valence-electron chi connectivity index (χ2n) is 13.3. The SMILES string of the molecule is c1ccc(-c2cc(-c3ccccc3)nc(-c3ccc(-c4ccc5c(c4)sc4ccc(-c6nc(-c7ccccc7)nc(-c7ccccc7)n6)cc45)cc3)n2)cc1. The second kappa shape index (κ2) is 14.0. The zero-order valence-corrected chi connectivity index (χ0v) is 30.4. The molecule has 258 valence electrons. The first kappa shape index (κ1) is 32.5. The third-order valence-electron chi connectivity index (χ3n) is 9.77. The number of thiophene rings is 1. The van der Waals surface area contributed by atoms with E-state index in [1.54, 1.807) is 11.3 Å². The minimum Gasteiger partial charge on any atom is -0.228 e. The van der Waals surface area contributed by atoms with Crippen LogP contribution in [0.5, 0.6) is 0 Å². The van der Waals surface area contributed by atoms with E-state index in [2.05, 4.69) is 91.0 Å². The molecule has 0 fully saturated rings. The maximum atomic E-state index is 5.01. The van der Waals surface area contributed by atoms with Gasteiger partial charge in [0.25, 0.3) is 0 Å². The van der Waals surface area contributed by atoms with Gasteiger partial charge in [-0.1, -0.05) is 158 Å². The predicted molar refractivity (Wildman–Crippen MR) is 226 cm³/mol. The standard InChI is InChI=1S/C49H31N5S/c1-5-13-33(14-6-1)42-31-43(34-15-7-2-8-16-34)51-46(50-42)37-23-21-32(22-24-37)38-25-27-40-41-29-39(26-28-44(41)55-45(40)30-38)49-53-47(35-17-9-3-10-18-35)52-48(54-49)36-19-11-4-12-20-36/h1-31H. The Balaban J connectivity index is 0.994. The van der Waals surface area contributed by atoms with Gasteiger partial charge in [-0.3, -0.25) is 0 Å². The summed E-state index contributed by atoms with van der Waals surface area (Å²) in [5, 5.41) is 2.40. The van der Waals surface area contributed by atoms with Gasteiger partial charge in [-0.15, -0.1) is 11.3 Å². The minimum absolute atomic E-state index is 0.653. The van der Waals surface area contributed by atoms with E-state index in [4.69, 9.17) is 24.9 Å². The predicted octanol–water partition coefficient (Wildman–Crippen LogP) is 12.7. The summed E-state index contributed by atoms with van der Waals surface area (Å²) in [5.74, 6) is 2.66. The molecule has 0 amide bonds. The van der Waals surface area contributed by atoms with Crippen LogP contribution in [0.15, 0.2) is 188 Å². The molecule has 0 saturated heterocycles. The molecule has 6 heteroatoms. The normalized spacial score (nSPS) is 11.3. The monoisotopic (exact) mass is 721 g/mol. The molecule has 0 aliphatic carbocycles. The quantitative estimate of drug-likeness (QED) is 0.164. The number of hydrogen-bond acceptors (Lipinski definition) is 6. The lowest BCUT2D eigenvalue weighted by Crippen LogP contribution is -2.00. The summed E-state index contributed by atoms with van der Waals surface area (Å²) >= 11 is 1.80. The van der Waals surface area contributed by atoms with Gasteiger partial charge in [-0.05, 0) is 41.5 Å². The fraction of sp³-hybridized carbons (Fsp3) is 0. The van der Waals surface area contributed by atoms with Gasteiger partial charge >= 0.3 is 0 Å². The van der Waals surface area contributed by atoms with Crippen molar-refractivity contribution in [2.24, 2.45) is 0 Å². The minimum atomic E-state index is 0.653. The lowest BCUT2D eigenvalue weighted by molar-refractivity contribution is 1.07. The average Bonchev–Trinajstić information content (AvgIpc) is 3.64. The first-order valence-electron chi connectivity index (χ1n) is 18.2. The molecule has 0 aliphatic heterocycles. The molecule has 7 aromatic carbocycles. The first-order chi connectivity index (χ1) is 27.2. The molecule has 55 heavy (non-hydrogen) atoms. The van der Waals surface area contributed by atoms with Crippen LogP contribution in [-0.4, -0.2) is 24.9 Å². The van der Waals surface area contributed by atoms with Crippen molar-refractivity contribution in [1.29, 1.82) is 0 Å². The van der Waals surface area contributed by atoms with Crippen molar-refractivity contribution in [2.75, 3.05) is 0 Å². The van der Waals surface area contributed by atoms with Crippen molar-refractivity contribution in [3.63, 3.8) is 0 Å². The summed E-state index contributed by atoms with van der Waals surface area (Å²) in [6.07, 6.45) is 0. The van der Waals surface area contributed by atoms with Gasteiger partial charge < -0.3 is 0 Å². The Labute approximate surface area is 322 Å². The van der Waals surface area contributed by atoms with E-state index in [1.165, 1.54) is 20.2 Å². The Hall–Kier alpha value is -7.15. The van der Waals surface area contributed by atoms with Gasteiger partial charge in [0.1, 0.15) is 0 Å². The van der Waals surface area contributed by atoms with Crippen LogP contribution < -0.4 is 0 Å². The molecular weight excluding hydrogens is 691 g/mol. The lowest BCUT2D eigenvalue weighted by Gasteiger charge is -2.10. The van der Waals surface area contributed by atoms with E-state index in [-0.39, 0.29) is 0 Å². The van der Waals surface area contributed by atoms with E-state index in [9.17, 15) is 0 Å². The number of fused-ring (bicyclic) bond motifs is 3. The number of benzene rings is 7. The molecule has 0 bridgehead atoms. The Bertz CT molecular complexity index is 2830. The van der Waals surface area contributed by atoms with Gasteiger partial charge in [-0.2, -0.15) is 0 Å². The maximum absolute atomic E-state index is 5.01. The second-order valence-corrected chi connectivity index (χ2v) is 14.4. The van der Waals surface area contributed by atoms with Crippen molar-refractivity contribution in [3.8, 4) is 79.2 Å². The zero-order chi connectivity index (χ0) is 36.6. The van der Waals surface area contributed by atoms with Gasteiger partial charge in [0.05, 0.1) is 11.4 Å². The molecule has 3 heterocycles. The van der Waals surface area contributed by atoms with Crippen LogP contribution in [0.25, 0.3) is 99.4 Å². The lowest BCUT2D eigenvalue weighted by atomic mass is 10.0. The summed E-state index contributed by atoms with van der Waals surface area (Å²) in [4.78, 5) is 24.8. The van der Waals surface area contributed by atoms with E-state index >= 15 is 0 Å². The van der Waals surface area contributed by atoms with Gasteiger partial charge in [0.2, 0.25) is 0 Å². The fourth-order valence-corrected chi connectivity index (χ4v) is 8.06. The van der Waals surface area contributed by atoms with Crippen LogP contribution in [-0.2, 0) is 0 Å². The number of aromatic nitrogens is 5. The number of nitrogens with zero attached hydrogens (tertiary/aromatic N) is 5. The van der Waals surface area contributed by atoms with Crippen LogP contribution in [0.4, 0.5) is 0 Å². The molecular formula is C49H31N5S. The van der Waals surface area contributed by atoms with Crippen LogP contribution in [0.3, 0.4) is 0 Å². The van der Waals surface area contributed by atoms with Gasteiger partial charge in [0, 0.05) is 53.6 Å². The summed E-state index contributed by atoms with van der Waals surface area (Å²) in [5.41, 5.74) is 10.1. The van der Waals surface area contributed by atoms with Crippen molar-refractivity contribution in [3.05, 3.63) is 188 Å². The van der Waals surface area contributed by atoms with E-state index in [1.807, 2.05) is 97.1 Å². The Morgan fingerprint density at radius 1 is 0.255 bits per heavy atom. The Morgan fingerprint density at radius 2 is 0.673 bits per heavy atom. The molecule has 0 N–H and O–H groups in total. The maximum Gasteiger partial charge on any atom is 0.164 e. The average molecular weight is 722 g/mol. The molecule has 3 aromatic heterocycles. The number of rotatable bonds is 7. The molecule has 0 unspecified atom stereocenters. The van der Waals surface area contributed by atoms with Gasteiger partial charge in [0.15, 0.2) is 23.3 Å². The first-order valence-corrected chi connectivity index (χ1v) is 19.0. The van der Waals surface area contributed by atoms with Crippen LogP contribution in [0, 0.1) is 0 Å². The summed E-state index contributed by atoms with van der Waals surface area (Å²) in [7, 11) is 0. The highest BCUT2D eigenvalue weighted by atomic mass is 32.1. The van der Waals surface area contributed by atoms with E-state index in [0.717, 1.165) is 55.9 Å². The Morgan fingerprint density at radius 3 is 1.22 bits per heavy atom. The molecule has 10 aromatic rings. The van der Waals surface area contributed by atoms with Crippen molar-refractivity contribution in [1.82, 2.24) is 24.9 Å². The third kappa shape index (κ3) is 6.45. The van der Waals surface area contributed by atoms with Crippen LogP contribution in [0.2, 0.25) is 0 Å². The molecule has 0 spiro atoms. The smallest absolute Gasteiger partial charge is 0.164 e.